The normalized spacial score (nSPS) is 19.9. The molecule has 0 aliphatic carbocycles. The molecule has 2 heterocycles. The maximum atomic E-state index is 13.3. The first-order valence-corrected chi connectivity index (χ1v) is 12.4. The van der Waals surface area contributed by atoms with E-state index in [0.717, 1.165) is 12.0 Å². The standard InChI is InChI=1S/C25H30N2O4S/c1-17-12-18(2)15-27(14-17)32(29,30)21-10-11-23-22(13-21)19(3)24(31-23)25(28)26(4)16-20-8-6-5-7-9-20/h5-11,13,17-18H,12,14-16H2,1-4H3/t17-,18-/m1/s1. The first-order chi connectivity index (χ1) is 15.2. The second-order valence-corrected chi connectivity index (χ2v) is 11.1. The van der Waals surface area contributed by atoms with Gasteiger partial charge >= 0.3 is 0 Å². The van der Waals surface area contributed by atoms with Gasteiger partial charge in [-0.2, -0.15) is 4.31 Å². The molecule has 170 valence electrons. The number of sulfonamides is 1. The Morgan fingerprint density at radius 1 is 1.09 bits per heavy atom. The summed E-state index contributed by atoms with van der Waals surface area (Å²) in [4.78, 5) is 14.9. The third-order valence-corrected chi connectivity index (χ3v) is 8.01. The van der Waals surface area contributed by atoms with Crippen LogP contribution >= 0.6 is 0 Å². The van der Waals surface area contributed by atoms with Gasteiger partial charge in [0.1, 0.15) is 5.58 Å². The zero-order chi connectivity index (χ0) is 23.0. The van der Waals surface area contributed by atoms with Crippen LogP contribution in [-0.4, -0.2) is 43.7 Å². The molecule has 1 amide bonds. The van der Waals surface area contributed by atoms with Crippen LogP contribution in [0.15, 0.2) is 57.8 Å². The summed E-state index contributed by atoms with van der Waals surface area (Å²) in [5.41, 5.74) is 2.19. The van der Waals surface area contributed by atoms with Crippen molar-refractivity contribution in [1.29, 1.82) is 0 Å². The molecule has 3 aromatic rings. The fourth-order valence-corrected chi connectivity index (χ4v) is 6.32. The highest BCUT2D eigenvalue weighted by Crippen LogP contribution is 2.31. The number of hydrogen-bond acceptors (Lipinski definition) is 4. The van der Waals surface area contributed by atoms with E-state index in [4.69, 9.17) is 4.42 Å². The van der Waals surface area contributed by atoms with E-state index >= 15 is 0 Å². The number of carbonyl (C=O) groups excluding carboxylic acids is 1. The van der Waals surface area contributed by atoms with Crippen molar-refractivity contribution < 1.29 is 17.6 Å². The molecule has 1 fully saturated rings. The molecular formula is C25H30N2O4S. The maximum Gasteiger partial charge on any atom is 0.289 e. The molecule has 32 heavy (non-hydrogen) atoms. The number of carbonyl (C=O) groups is 1. The zero-order valence-electron chi connectivity index (χ0n) is 19.0. The van der Waals surface area contributed by atoms with E-state index in [1.54, 1.807) is 41.4 Å². The van der Waals surface area contributed by atoms with Gasteiger partial charge in [-0.1, -0.05) is 44.2 Å². The maximum absolute atomic E-state index is 13.3. The van der Waals surface area contributed by atoms with Crippen molar-refractivity contribution in [2.24, 2.45) is 11.8 Å². The van der Waals surface area contributed by atoms with E-state index in [0.29, 0.717) is 48.0 Å². The fourth-order valence-electron chi connectivity index (χ4n) is 4.62. The summed E-state index contributed by atoms with van der Waals surface area (Å²) in [6, 6.07) is 14.6. The van der Waals surface area contributed by atoms with Crippen molar-refractivity contribution in [2.75, 3.05) is 20.1 Å². The number of nitrogens with zero attached hydrogens (tertiary/aromatic N) is 2. The van der Waals surface area contributed by atoms with Gasteiger partial charge in [-0.05, 0) is 48.9 Å². The molecule has 0 unspecified atom stereocenters. The van der Waals surface area contributed by atoms with Gasteiger partial charge in [-0.15, -0.1) is 0 Å². The lowest BCUT2D eigenvalue weighted by Gasteiger charge is -2.34. The highest BCUT2D eigenvalue weighted by atomic mass is 32.2. The van der Waals surface area contributed by atoms with Crippen molar-refractivity contribution in [1.82, 2.24) is 9.21 Å². The summed E-state index contributed by atoms with van der Waals surface area (Å²) in [7, 11) is -1.88. The van der Waals surface area contributed by atoms with Crippen LogP contribution < -0.4 is 0 Å². The molecule has 2 atom stereocenters. The first kappa shape index (κ1) is 22.6. The van der Waals surface area contributed by atoms with Gasteiger partial charge in [0.25, 0.3) is 5.91 Å². The lowest BCUT2D eigenvalue weighted by Crippen LogP contribution is -2.42. The van der Waals surface area contributed by atoms with Crippen LogP contribution in [-0.2, 0) is 16.6 Å². The van der Waals surface area contributed by atoms with E-state index in [2.05, 4.69) is 13.8 Å². The Bertz CT molecular complexity index is 1220. The number of hydrogen-bond donors (Lipinski definition) is 0. The van der Waals surface area contributed by atoms with Crippen molar-refractivity contribution in [3.8, 4) is 0 Å². The minimum Gasteiger partial charge on any atom is -0.451 e. The molecule has 0 N–H and O–H groups in total. The van der Waals surface area contributed by atoms with E-state index < -0.39 is 10.0 Å². The predicted molar refractivity (Wildman–Crippen MR) is 125 cm³/mol. The number of amides is 1. The number of fused-ring (bicyclic) bond motifs is 1. The molecule has 0 bridgehead atoms. The van der Waals surface area contributed by atoms with Crippen molar-refractivity contribution in [3.05, 3.63) is 65.4 Å². The highest BCUT2D eigenvalue weighted by Gasteiger charge is 2.32. The van der Waals surface area contributed by atoms with Gasteiger partial charge in [-0.3, -0.25) is 4.79 Å². The Morgan fingerprint density at radius 2 is 1.75 bits per heavy atom. The summed E-state index contributed by atoms with van der Waals surface area (Å²) in [5.74, 6) is 0.674. The monoisotopic (exact) mass is 454 g/mol. The second-order valence-electron chi connectivity index (χ2n) is 9.13. The molecule has 1 aliphatic heterocycles. The first-order valence-electron chi connectivity index (χ1n) is 11.0. The van der Waals surface area contributed by atoms with Gasteiger partial charge < -0.3 is 9.32 Å². The molecule has 1 aromatic heterocycles. The summed E-state index contributed by atoms with van der Waals surface area (Å²) in [6.45, 7) is 7.50. The number of aryl methyl sites for hydroxylation is 1. The van der Waals surface area contributed by atoms with Crippen LogP contribution in [0.1, 0.15) is 41.9 Å². The average molecular weight is 455 g/mol. The molecule has 0 saturated carbocycles. The molecule has 7 heteroatoms. The third-order valence-electron chi connectivity index (χ3n) is 6.18. The molecule has 4 rings (SSSR count). The van der Waals surface area contributed by atoms with Gasteiger partial charge in [0, 0.05) is 37.6 Å². The molecule has 1 saturated heterocycles. The average Bonchev–Trinajstić information content (AvgIpc) is 3.09. The minimum atomic E-state index is -3.61. The third kappa shape index (κ3) is 4.32. The Kier molecular flexibility index (Phi) is 6.14. The SMILES string of the molecule is Cc1c(C(=O)N(C)Cc2ccccc2)oc2ccc(S(=O)(=O)N3C[C@H](C)C[C@@H](C)C3)cc12. The Balaban J connectivity index is 1.63. The van der Waals surface area contributed by atoms with Crippen LogP contribution in [0.5, 0.6) is 0 Å². The summed E-state index contributed by atoms with van der Waals surface area (Å²) in [6.07, 6.45) is 1.04. The zero-order valence-corrected chi connectivity index (χ0v) is 19.9. The van der Waals surface area contributed by atoms with E-state index in [-0.39, 0.29) is 16.6 Å². The van der Waals surface area contributed by atoms with Gasteiger partial charge in [0.15, 0.2) is 5.76 Å². The van der Waals surface area contributed by atoms with Gasteiger partial charge in [0.05, 0.1) is 4.90 Å². The summed E-state index contributed by atoms with van der Waals surface area (Å²) in [5, 5.41) is 0.653. The van der Waals surface area contributed by atoms with E-state index in [1.165, 1.54) is 0 Å². The van der Waals surface area contributed by atoms with Crippen molar-refractivity contribution in [2.45, 2.75) is 38.6 Å². The van der Waals surface area contributed by atoms with Crippen LogP contribution in [0.2, 0.25) is 0 Å². The fraction of sp³-hybridized carbons (Fsp3) is 0.400. The molecular weight excluding hydrogens is 424 g/mol. The summed E-state index contributed by atoms with van der Waals surface area (Å²) < 4.78 is 34.1. The van der Waals surface area contributed by atoms with E-state index in [9.17, 15) is 13.2 Å². The summed E-state index contributed by atoms with van der Waals surface area (Å²) >= 11 is 0. The predicted octanol–water partition coefficient (Wildman–Crippen LogP) is 4.68. The lowest BCUT2D eigenvalue weighted by atomic mass is 9.94. The second kappa shape index (κ2) is 8.71. The number of piperidine rings is 1. The number of benzene rings is 2. The molecule has 1 aliphatic rings. The number of furan rings is 1. The lowest BCUT2D eigenvalue weighted by molar-refractivity contribution is 0.0755. The molecule has 0 spiro atoms. The number of rotatable bonds is 5. The Hall–Kier alpha value is -2.64. The van der Waals surface area contributed by atoms with Crippen molar-refractivity contribution >= 4 is 26.9 Å². The Morgan fingerprint density at radius 3 is 2.41 bits per heavy atom. The minimum absolute atomic E-state index is 0.231. The van der Waals surface area contributed by atoms with Gasteiger partial charge in [-0.25, -0.2) is 8.42 Å². The highest BCUT2D eigenvalue weighted by molar-refractivity contribution is 7.89. The molecule has 2 aromatic carbocycles. The smallest absolute Gasteiger partial charge is 0.289 e. The van der Waals surface area contributed by atoms with Crippen molar-refractivity contribution in [3.63, 3.8) is 0 Å². The van der Waals surface area contributed by atoms with Crippen LogP contribution in [0.3, 0.4) is 0 Å². The largest absolute Gasteiger partial charge is 0.451 e. The van der Waals surface area contributed by atoms with Gasteiger partial charge in [0.2, 0.25) is 10.0 Å². The quantitative estimate of drug-likeness (QED) is 0.561. The molecule has 0 radical (unpaired) electrons. The topological polar surface area (TPSA) is 70.8 Å². The van der Waals surface area contributed by atoms with E-state index in [1.807, 2.05) is 30.3 Å². The van der Waals surface area contributed by atoms with Crippen LogP contribution in [0.25, 0.3) is 11.0 Å². The Labute approximate surface area is 189 Å². The molecule has 6 nitrogen and oxygen atoms in total. The van der Waals surface area contributed by atoms with Crippen LogP contribution in [0, 0.1) is 18.8 Å². The van der Waals surface area contributed by atoms with Crippen LogP contribution in [0.4, 0.5) is 0 Å².